The molecule has 1 aliphatic rings. The maximum absolute atomic E-state index is 10.6. The van der Waals surface area contributed by atoms with Gasteiger partial charge in [0.15, 0.2) is 0 Å². The number of piperazine rings is 1. The van der Waals surface area contributed by atoms with Crippen molar-refractivity contribution < 1.29 is 46.1 Å². The Hall–Kier alpha value is -4.11. The minimum atomic E-state index is -5.08. The number of aromatic nitrogens is 2. The van der Waals surface area contributed by atoms with Crippen LogP contribution in [0.3, 0.4) is 0 Å². The first kappa shape index (κ1) is 31.4. The number of fused-ring (bicyclic) bond motifs is 1. The number of benzene rings is 1. The number of carbonyl (C=O) groups is 2. The van der Waals surface area contributed by atoms with Crippen LogP contribution in [-0.4, -0.2) is 82.0 Å². The number of pyridine rings is 1. The zero-order valence-electron chi connectivity index (χ0n) is 21.4. The van der Waals surface area contributed by atoms with Crippen LogP contribution in [0.5, 0.6) is 0 Å². The second kappa shape index (κ2) is 13.0. The second-order valence-electron chi connectivity index (χ2n) is 8.74. The molecule has 0 radical (unpaired) electrons. The SMILES string of the molecule is CN1CCN(c2ccc(-c3ccn4c(-c5ccsc5)cnc4c3)cc2)CC1.O=C(O)C(F)(F)F.O=C(O)C(F)(F)F. The lowest BCUT2D eigenvalue weighted by Gasteiger charge is -2.34. The highest BCUT2D eigenvalue weighted by Gasteiger charge is 2.38. The van der Waals surface area contributed by atoms with Crippen molar-refractivity contribution in [1.82, 2.24) is 14.3 Å². The van der Waals surface area contributed by atoms with Gasteiger partial charge in [-0.3, -0.25) is 4.40 Å². The number of rotatable bonds is 3. The summed E-state index contributed by atoms with van der Waals surface area (Å²) in [6, 6.07) is 15.4. The number of aliphatic carboxylic acids is 2. The lowest BCUT2D eigenvalue weighted by molar-refractivity contribution is -0.193. The summed E-state index contributed by atoms with van der Waals surface area (Å²) < 4.78 is 65.6. The highest BCUT2D eigenvalue weighted by Crippen LogP contribution is 2.28. The van der Waals surface area contributed by atoms with Gasteiger partial charge in [0.2, 0.25) is 0 Å². The fourth-order valence-electron chi connectivity index (χ4n) is 3.71. The summed E-state index contributed by atoms with van der Waals surface area (Å²) in [5.41, 5.74) is 7.09. The van der Waals surface area contributed by atoms with Crippen LogP contribution in [0.4, 0.5) is 32.0 Å². The van der Waals surface area contributed by atoms with Gasteiger partial charge in [0.1, 0.15) is 5.65 Å². The van der Waals surface area contributed by atoms with Crippen LogP contribution in [0.25, 0.3) is 28.0 Å². The fraction of sp³-hybridized carbons (Fsp3) is 0.269. The smallest absolute Gasteiger partial charge is 0.475 e. The Balaban J connectivity index is 0.000000276. The van der Waals surface area contributed by atoms with Gasteiger partial charge in [0.05, 0.1) is 11.9 Å². The van der Waals surface area contributed by atoms with E-state index in [0.29, 0.717) is 0 Å². The molecule has 0 amide bonds. The van der Waals surface area contributed by atoms with Crippen molar-refractivity contribution in [3.63, 3.8) is 0 Å². The topological polar surface area (TPSA) is 98.4 Å². The van der Waals surface area contributed by atoms with E-state index >= 15 is 0 Å². The number of imidazole rings is 1. The van der Waals surface area contributed by atoms with Gasteiger partial charge < -0.3 is 20.0 Å². The van der Waals surface area contributed by atoms with Gasteiger partial charge in [-0.25, -0.2) is 14.6 Å². The molecule has 220 valence electrons. The van der Waals surface area contributed by atoms with Crippen molar-refractivity contribution in [2.45, 2.75) is 12.4 Å². The van der Waals surface area contributed by atoms with E-state index in [1.807, 2.05) is 6.20 Å². The van der Waals surface area contributed by atoms with Crippen molar-refractivity contribution in [1.29, 1.82) is 0 Å². The molecule has 15 heteroatoms. The van der Waals surface area contributed by atoms with E-state index in [9.17, 15) is 26.3 Å². The highest BCUT2D eigenvalue weighted by atomic mass is 32.1. The lowest BCUT2D eigenvalue weighted by Crippen LogP contribution is -2.44. The first-order chi connectivity index (χ1) is 19.2. The number of hydrogen-bond acceptors (Lipinski definition) is 6. The summed E-state index contributed by atoms with van der Waals surface area (Å²) in [7, 11) is 2.19. The van der Waals surface area contributed by atoms with E-state index in [1.165, 1.54) is 22.4 Å². The fourth-order valence-corrected chi connectivity index (χ4v) is 4.36. The third-order valence-corrected chi connectivity index (χ3v) is 6.57. The minimum absolute atomic E-state index is 0.983. The quantitative estimate of drug-likeness (QED) is 0.288. The van der Waals surface area contributed by atoms with Crippen molar-refractivity contribution >= 4 is 34.6 Å². The molecule has 41 heavy (non-hydrogen) atoms. The van der Waals surface area contributed by atoms with E-state index in [1.54, 1.807) is 11.3 Å². The number of alkyl halides is 6. The van der Waals surface area contributed by atoms with Crippen LogP contribution in [0.15, 0.2) is 65.6 Å². The summed E-state index contributed by atoms with van der Waals surface area (Å²) in [5.74, 6) is -5.51. The molecular weight excluding hydrogens is 578 g/mol. The van der Waals surface area contributed by atoms with Crippen LogP contribution in [-0.2, 0) is 9.59 Å². The molecule has 1 saturated heterocycles. The van der Waals surface area contributed by atoms with E-state index < -0.39 is 24.3 Å². The molecule has 8 nitrogen and oxygen atoms in total. The van der Waals surface area contributed by atoms with Crippen LogP contribution in [0.2, 0.25) is 0 Å². The Labute approximate surface area is 233 Å². The van der Waals surface area contributed by atoms with E-state index in [0.717, 1.165) is 37.5 Å². The summed E-state index contributed by atoms with van der Waals surface area (Å²) in [4.78, 5) is 27.3. The second-order valence-corrected chi connectivity index (χ2v) is 9.52. The molecule has 3 aromatic heterocycles. The largest absolute Gasteiger partial charge is 0.490 e. The van der Waals surface area contributed by atoms with E-state index in [-0.39, 0.29) is 0 Å². The minimum Gasteiger partial charge on any atom is -0.475 e. The van der Waals surface area contributed by atoms with Crippen molar-refractivity contribution in [2.75, 3.05) is 38.1 Å². The molecule has 4 heterocycles. The van der Waals surface area contributed by atoms with Gasteiger partial charge >= 0.3 is 24.3 Å². The Kier molecular flexibility index (Phi) is 9.99. The van der Waals surface area contributed by atoms with Gasteiger partial charge in [0, 0.05) is 49.0 Å². The molecule has 1 aliphatic heterocycles. The molecule has 0 spiro atoms. The number of carboxylic acid groups (broad SMARTS) is 2. The first-order valence-corrected chi connectivity index (χ1v) is 12.7. The van der Waals surface area contributed by atoms with Gasteiger partial charge in [-0.2, -0.15) is 37.7 Å². The number of likely N-dealkylation sites (N-methyl/N-ethyl adjacent to an activating group) is 1. The molecule has 0 bridgehead atoms. The first-order valence-electron chi connectivity index (χ1n) is 11.8. The Morgan fingerprint density at radius 2 is 1.39 bits per heavy atom. The van der Waals surface area contributed by atoms with Crippen molar-refractivity contribution in [3.8, 4) is 22.4 Å². The number of nitrogens with zero attached hydrogens (tertiary/aromatic N) is 4. The third-order valence-electron chi connectivity index (χ3n) is 5.88. The summed E-state index contributed by atoms with van der Waals surface area (Å²) in [5, 5.41) is 18.5. The molecule has 0 aliphatic carbocycles. The Bertz CT molecular complexity index is 1420. The molecule has 4 aromatic rings. The van der Waals surface area contributed by atoms with E-state index in [2.05, 4.69) is 85.7 Å². The number of halogens is 6. The monoisotopic (exact) mass is 602 g/mol. The average molecular weight is 603 g/mol. The number of anilines is 1. The summed E-state index contributed by atoms with van der Waals surface area (Å²) >= 11 is 1.71. The van der Waals surface area contributed by atoms with Crippen LogP contribution < -0.4 is 4.90 Å². The van der Waals surface area contributed by atoms with Gasteiger partial charge in [-0.15, -0.1) is 0 Å². The van der Waals surface area contributed by atoms with Crippen LogP contribution in [0.1, 0.15) is 0 Å². The lowest BCUT2D eigenvalue weighted by atomic mass is 10.1. The van der Waals surface area contributed by atoms with E-state index in [4.69, 9.17) is 19.8 Å². The van der Waals surface area contributed by atoms with Gasteiger partial charge in [-0.05, 0) is 53.9 Å². The molecule has 5 rings (SSSR count). The number of hydrogen-bond donors (Lipinski definition) is 2. The zero-order valence-corrected chi connectivity index (χ0v) is 22.2. The predicted molar refractivity (Wildman–Crippen MR) is 141 cm³/mol. The molecular formula is C26H24F6N4O4S. The average Bonchev–Trinajstić information content (AvgIpc) is 3.58. The third kappa shape index (κ3) is 8.69. The molecule has 1 fully saturated rings. The zero-order chi connectivity index (χ0) is 30.4. The maximum Gasteiger partial charge on any atom is 0.490 e. The highest BCUT2D eigenvalue weighted by molar-refractivity contribution is 7.08. The molecule has 0 saturated carbocycles. The molecule has 2 N–H and O–H groups in total. The van der Waals surface area contributed by atoms with Crippen LogP contribution in [0, 0.1) is 0 Å². The normalized spacial score (nSPS) is 14.1. The van der Waals surface area contributed by atoms with Gasteiger partial charge in [0.25, 0.3) is 0 Å². The number of thiophene rings is 1. The Morgan fingerprint density at radius 1 is 0.829 bits per heavy atom. The summed E-state index contributed by atoms with van der Waals surface area (Å²) in [6.45, 7) is 4.46. The molecule has 0 unspecified atom stereocenters. The maximum atomic E-state index is 10.6. The molecule has 0 atom stereocenters. The standard InChI is InChI=1S/C22H22N4S.2C2HF3O2/c1-24-9-11-25(12-10-24)20-4-2-17(3-5-20)18-6-8-26-21(15-23-22(26)14-18)19-7-13-27-16-19;2*3-2(4,5)1(6)7/h2-8,13-16H,9-12H2,1H3;2*(H,6,7). The molecule has 1 aromatic carbocycles. The predicted octanol–water partition coefficient (Wildman–Crippen LogP) is 5.75. The Morgan fingerprint density at radius 3 is 1.88 bits per heavy atom. The summed E-state index contributed by atoms with van der Waals surface area (Å²) in [6.07, 6.45) is -6.09. The van der Waals surface area contributed by atoms with Gasteiger partial charge in [-0.1, -0.05) is 12.1 Å². The van der Waals surface area contributed by atoms with Crippen molar-refractivity contribution in [3.05, 3.63) is 65.6 Å². The van der Waals surface area contributed by atoms with Crippen molar-refractivity contribution in [2.24, 2.45) is 0 Å². The van der Waals surface area contributed by atoms with Crippen LogP contribution >= 0.6 is 11.3 Å². The number of carboxylic acids is 2.